The summed E-state index contributed by atoms with van der Waals surface area (Å²) in [6.45, 7) is 10.2. The van der Waals surface area contributed by atoms with E-state index in [0.717, 1.165) is 24.0 Å². The van der Waals surface area contributed by atoms with Crippen molar-refractivity contribution in [1.29, 1.82) is 0 Å². The Hall–Kier alpha value is -3.35. The standard InChI is InChI=1S/C29H41N3O4/c1-6-8-19-30-26(33)25(23-17-13-10-14-18-23)32(20-7-2)27(34)24(21-22-15-11-9-12-16-22)31-28(35)36-29(3,4)5/h9-18,24-25H,6-8,19-21H2,1-5H3,(H,30,33)(H,31,35). The molecule has 0 saturated carbocycles. The van der Waals surface area contributed by atoms with Crippen molar-refractivity contribution in [3.63, 3.8) is 0 Å². The van der Waals surface area contributed by atoms with Crippen molar-refractivity contribution in [3.8, 4) is 0 Å². The SMILES string of the molecule is CCCCNC(=O)C(c1ccccc1)N(CCC)C(=O)C(Cc1ccccc1)NC(=O)OC(C)(C)C. The number of nitrogens with one attached hydrogen (secondary N) is 2. The van der Waals surface area contributed by atoms with Crippen molar-refractivity contribution in [2.75, 3.05) is 13.1 Å². The first kappa shape index (κ1) is 28.9. The van der Waals surface area contributed by atoms with Gasteiger partial charge in [0.15, 0.2) is 0 Å². The zero-order valence-corrected chi connectivity index (χ0v) is 22.3. The Morgan fingerprint density at radius 2 is 1.53 bits per heavy atom. The van der Waals surface area contributed by atoms with Crippen molar-refractivity contribution >= 4 is 17.9 Å². The van der Waals surface area contributed by atoms with Gasteiger partial charge in [-0.25, -0.2) is 4.79 Å². The van der Waals surface area contributed by atoms with Crippen LogP contribution in [0.2, 0.25) is 0 Å². The Labute approximate surface area is 215 Å². The zero-order valence-electron chi connectivity index (χ0n) is 22.3. The van der Waals surface area contributed by atoms with Gasteiger partial charge in [0.05, 0.1) is 0 Å². The van der Waals surface area contributed by atoms with Crippen LogP contribution >= 0.6 is 0 Å². The summed E-state index contributed by atoms with van der Waals surface area (Å²) in [6.07, 6.45) is 2.07. The van der Waals surface area contributed by atoms with Crippen LogP contribution in [0.4, 0.5) is 4.79 Å². The molecule has 7 nitrogen and oxygen atoms in total. The van der Waals surface area contributed by atoms with Crippen LogP contribution in [0.25, 0.3) is 0 Å². The molecule has 2 rings (SSSR count). The molecule has 0 aliphatic carbocycles. The highest BCUT2D eigenvalue weighted by Gasteiger charge is 2.35. The maximum atomic E-state index is 14.1. The van der Waals surface area contributed by atoms with Crippen LogP contribution in [0, 0.1) is 0 Å². The van der Waals surface area contributed by atoms with Gasteiger partial charge in [0.2, 0.25) is 11.8 Å². The van der Waals surface area contributed by atoms with Gasteiger partial charge in [-0.1, -0.05) is 80.9 Å². The van der Waals surface area contributed by atoms with E-state index in [-0.39, 0.29) is 18.2 Å². The number of benzene rings is 2. The minimum atomic E-state index is -0.900. The van der Waals surface area contributed by atoms with Gasteiger partial charge >= 0.3 is 6.09 Å². The summed E-state index contributed by atoms with van der Waals surface area (Å²) in [5, 5.41) is 5.77. The number of rotatable bonds is 12. The molecule has 0 aromatic heterocycles. The Morgan fingerprint density at radius 1 is 0.917 bits per heavy atom. The lowest BCUT2D eigenvalue weighted by molar-refractivity contribution is -0.142. The fourth-order valence-electron chi connectivity index (χ4n) is 3.90. The highest BCUT2D eigenvalue weighted by Crippen LogP contribution is 2.24. The quantitative estimate of drug-likeness (QED) is 0.405. The fourth-order valence-corrected chi connectivity index (χ4v) is 3.90. The Bertz CT molecular complexity index is 957. The predicted octanol–water partition coefficient (Wildman–Crippen LogP) is 5.02. The van der Waals surface area contributed by atoms with Gasteiger partial charge in [0.1, 0.15) is 17.7 Å². The average molecular weight is 496 g/mol. The van der Waals surface area contributed by atoms with E-state index in [1.165, 1.54) is 0 Å². The first-order valence-electron chi connectivity index (χ1n) is 12.8. The Morgan fingerprint density at radius 3 is 2.08 bits per heavy atom. The molecule has 0 spiro atoms. The molecule has 196 valence electrons. The maximum absolute atomic E-state index is 14.1. The third-order valence-electron chi connectivity index (χ3n) is 5.52. The largest absolute Gasteiger partial charge is 0.444 e. The Kier molecular flexibility index (Phi) is 11.4. The van der Waals surface area contributed by atoms with Crippen molar-refractivity contribution in [3.05, 3.63) is 71.8 Å². The minimum Gasteiger partial charge on any atom is -0.444 e. The molecule has 2 aromatic carbocycles. The second-order valence-corrected chi connectivity index (χ2v) is 9.88. The molecule has 0 fully saturated rings. The number of amides is 3. The number of hydrogen-bond donors (Lipinski definition) is 2. The van der Waals surface area contributed by atoms with Gasteiger partial charge in [-0.15, -0.1) is 0 Å². The van der Waals surface area contributed by atoms with E-state index in [1.54, 1.807) is 25.7 Å². The molecule has 3 amide bonds. The van der Waals surface area contributed by atoms with E-state index < -0.39 is 23.8 Å². The second-order valence-electron chi connectivity index (χ2n) is 9.88. The number of alkyl carbamates (subject to hydrolysis) is 1. The summed E-state index contributed by atoms with van der Waals surface area (Å²) in [5.74, 6) is -0.557. The molecule has 2 atom stereocenters. The highest BCUT2D eigenvalue weighted by atomic mass is 16.6. The van der Waals surface area contributed by atoms with E-state index in [4.69, 9.17) is 4.74 Å². The third kappa shape index (κ3) is 9.36. The number of carbonyl (C=O) groups is 3. The topological polar surface area (TPSA) is 87.7 Å². The minimum absolute atomic E-state index is 0.229. The average Bonchev–Trinajstić information content (AvgIpc) is 2.83. The maximum Gasteiger partial charge on any atom is 0.408 e. The van der Waals surface area contributed by atoms with E-state index in [0.29, 0.717) is 19.5 Å². The predicted molar refractivity (Wildman–Crippen MR) is 142 cm³/mol. The van der Waals surface area contributed by atoms with Gasteiger partial charge < -0.3 is 20.3 Å². The molecular formula is C29H41N3O4. The number of ether oxygens (including phenoxy) is 1. The summed E-state index contributed by atoms with van der Waals surface area (Å²) in [7, 11) is 0. The van der Waals surface area contributed by atoms with E-state index in [2.05, 4.69) is 17.6 Å². The molecule has 2 aromatic rings. The molecule has 0 bridgehead atoms. The number of carbonyl (C=O) groups excluding carboxylic acids is 3. The number of nitrogens with zero attached hydrogens (tertiary/aromatic N) is 1. The third-order valence-corrected chi connectivity index (χ3v) is 5.52. The summed E-state index contributed by atoms with van der Waals surface area (Å²) in [4.78, 5) is 41.8. The summed E-state index contributed by atoms with van der Waals surface area (Å²) >= 11 is 0. The molecule has 0 aliphatic rings. The van der Waals surface area contributed by atoms with Crippen LogP contribution in [-0.4, -0.2) is 47.5 Å². The summed E-state index contributed by atoms with van der Waals surface area (Å²) in [5.41, 5.74) is 0.912. The van der Waals surface area contributed by atoms with Gasteiger partial charge in [-0.05, 0) is 44.7 Å². The molecular weight excluding hydrogens is 454 g/mol. The Balaban J connectivity index is 2.43. The molecule has 36 heavy (non-hydrogen) atoms. The van der Waals surface area contributed by atoms with Crippen LogP contribution in [0.3, 0.4) is 0 Å². The molecule has 0 heterocycles. The van der Waals surface area contributed by atoms with Crippen LogP contribution in [0.1, 0.15) is 71.0 Å². The van der Waals surface area contributed by atoms with Gasteiger partial charge in [-0.2, -0.15) is 0 Å². The van der Waals surface area contributed by atoms with E-state index in [9.17, 15) is 14.4 Å². The molecule has 2 unspecified atom stereocenters. The monoisotopic (exact) mass is 495 g/mol. The lowest BCUT2D eigenvalue weighted by Gasteiger charge is -2.34. The highest BCUT2D eigenvalue weighted by molar-refractivity contribution is 5.92. The van der Waals surface area contributed by atoms with Crippen LogP contribution in [-0.2, 0) is 20.7 Å². The number of hydrogen-bond acceptors (Lipinski definition) is 4. The van der Waals surface area contributed by atoms with Crippen molar-refractivity contribution in [2.24, 2.45) is 0 Å². The van der Waals surface area contributed by atoms with Gasteiger partial charge in [0, 0.05) is 19.5 Å². The molecule has 0 saturated heterocycles. The van der Waals surface area contributed by atoms with Crippen LogP contribution < -0.4 is 10.6 Å². The smallest absolute Gasteiger partial charge is 0.408 e. The normalized spacial score (nSPS) is 12.8. The van der Waals surface area contributed by atoms with Crippen molar-refractivity contribution in [2.45, 2.75) is 78.0 Å². The number of unbranched alkanes of at least 4 members (excludes halogenated alkanes) is 1. The summed E-state index contributed by atoms with van der Waals surface area (Å²) < 4.78 is 5.45. The molecule has 7 heteroatoms. The van der Waals surface area contributed by atoms with Crippen molar-refractivity contribution < 1.29 is 19.1 Å². The molecule has 0 radical (unpaired) electrons. The van der Waals surface area contributed by atoms with E-state index >= 15 is 0 Å². The molecule has 0 aliphatic heterocycles. The lowest BCUT2D eigenvalue weighted by atomic mass is 10.00. The van der Waals surface area contributed by atoms with Crippen molar-refractivity contribution in [1.82, 2.24) is 15.5 Å². The second kappa shape index (κ2) is 14.3. The van der Waals surface area contributed by atoms with E-state index in [1.807, 2.05) is 67.6 Å². The van der Waals surface area contributed by atoms with Crippen LogP contribution in [0.5, 0.6) is 0 Å². The molecule has 2 N–H and O–H groups in total. The zero-order chi connectivity index (χ0) is 26.6. The van der Waals surface area contributed by atoms with Gasteiger partial charge in [-0.3, -0.25) is 9.59 Å². The van der Waals surface area contributed by atoms with Crippen LogP contribution in [0.15, 0.2) is 60.7 Å². The lowest BCUT2D eigenvalue weighted by Crippen LogP contribution is -2.54. The summed E-state index contributed by atoms with van der Waals surface area (Å²) in [6, 6.07) is 17.1. The van der Waals surface area contributed by atoms with Gasteiger partial charge in [0.25, 0.3) is 0 Å². The first-order valence-corrected chi connectivity index (χ1v) is 12.8. The first-order chi connectivity index (χ1) is 17.2. The fraction of sp³-hybridized carbons (Fsp3) is 0.483.